The van der Waals surface area contributed by atoms with E-state index >= 15 is 0 Å². The smallest absolute Gasteiger partial charge is 0.491 e. The maximum atomic E-state index is 12.0. The van der Waals surface area contributed by atoms with Crippen LogP contribution in [0.4, 0.5) is 9.59 Å². The van der Waals surface area contributed by atoms with E-state index < -0.39 is 38.4 Å². The van der Waals surface area contributed by atoms with Crippen molar-refractivity contribution in [3.8, 4) is 5.75 Å². The van der Waals surface area contributed by atoms with Crippen LogP contribution in [0.2, 0.25) is 18.1 Å². The Morgan fingerprint density at radius 2 is 1.72 bits per heavy atom. The van der Waals surface area contributed by atoms with Gasteiger partial charge in [0.05, 0.1) is 13.2 Å². The zero-order chi connectivity index (χ0) is 24.2. The highest BCUT2D eigenvalue weighted by molar-refractivity contribution is 6.74. The van der Waals surface area contributed by atoms with Crippen molar-refractivity contribution in [1.29, 1.82) is 0 Å². The fourth-order valence-electron chi connectivity index (χ4n) is 2.82. The Morgan fingerprint density at radius 3 is 2.34 bits per heavy atom. The molecule has 32 heavy (non-hydrogen) atoms. The number of hydrogen-bond donors (Lipinski definition) is 1. The first-order chi connectivity index (χ1) is 14.7. The van der Waals surface area contributed by atoms with Crippen LogP contribution < -0.4 is 10.1 Å². The maximum absolute atomic E-state index is 12.0. The number of nitrogens with one attached hydrogen (secondary N) is 1. The SMILES string of the molecule is CC(C)(C)OC(=O)NC[C@H]1OC(=O)O[C@@H]1c1ccccc1OCCO[Si](C)(C)C(C)(C)C. The number of benzene rings is 1. The van der Waals surface area contributed by atoms with Gasteiger partial charge in [-0.1, -0.05) is 39.0 Å². The van der Waals surface area contributed by atoms with Crippen molar-refractivity contribution in [3.05, 3.63) is 29.8 Å². The standard InChI is InChI=1S/C23H37NO7Si/c1-22(2,3)31-20(25)24-15-18-19(30-21(26)29-18)16-11-9-10-12-17(16)27-13-14-28-32(7,8)23(4,5)6/h9-12,18-19H,13-15H2,1-8H3,(H,24,25)/t18-,19-/m1/s1. The number of amides is 1. The molecular formula is C23H37NO7Si. The Balaban J connectivity index is 2.01. The molecule has 1 aliphatic rings. The van der Waals surface area contributed by atoms with Crippen LogP contribution >= 0.6 is 0 Å². The Bertz CT molecular complexity index is 798. The highest BCUT2D eigenvalue weighted by Crippen LogP contribution is 2.37. The Kier molecular flexibility index (Phi) is 8.22. The van der Waals surface area contributed by atoms with Gasteiger partial charge in [0.15, 0.2) is 20.5 Å². The zero-order valence-electron chi connectivity index (χ0n) is 20.4. The summed E-state index contributed by atoms with van der Waals surface area (Å²) in [7, 11) is -1.86. The summed E-state index contributed by atoms with van der Waals surface area (Å²) in [5.41, 5.74) is 0.0425. The lowest BCUT2D eigenvalue weighted by molar-refractivity contribution is 0.0486. The predicted molar refractivity (Wildman–Crippen MR) is 123 cm³/mol. The summed E-state index contributed by atoms with van der Waals surface area (Å²) in [5, 5.41) is 2.75. The molecule has 2 rings (SSSR count). The van der Waals surface area contributed by atoms with Gasteiger partial charge >= 0.3 is 12.2 Å². The number of cyclic esters (lactones) is 2. The van der Waals surface area contributed by atoms with Crippen LogP contribution in [0.1, 0.15) is 53.2 Å². The summed E-state index contributed by atoms with van der Waals surface area (Å²) in [6.07, 6.45) is -2.80. The minimum absolute atomic E-state index is 0.0497. The Morgan fingerprint density at radius 1 is 1.06 bits per heavy atom. The number of carbonyl (C=O) groups is 2. The first-order valence-electron chi connectivity index (χ1n) is 10.9. The number of rotatable bonds is 8. The molecule has 0 radical (unpaired) electrons. The van der Waals surface area contributed by atoms with Crippen LogP contribution in [0.25, 0.3) is 0 Å². The number of hydrogen-bond acceptors (Lipinski definition) is 7. The van der Waals surface area contributed by atoms with Crippen molar-refractivity contribution in [2.45, 2.75) is 77.5 Å². The first-order valence-corrected chi connectivity index (χ1v) is 13.8. The second-order valence-electron chi connectivity index (χ2n) is 10.3. The van der Waals surface area contributed by atoms with Crippen LogP contribution in [0.5, 0.6) is 5.75 Å². The number of carbonyl (C=O) groups excluding carboxylic acids is 2. The van der Waals surface area contributed by atoms with Gasteiger partial charge in [0.1, 0.15) is 18.0 Å². The lowest BCUT2D eigenvalue weighted by Gasteiger charge is -2.36. The molecule has 8 nitrogen and oxygen atoms in total. The predicted octanol–water partition coefficient (Wildman–Crippen LogP) is 5.19. The molecule has 1 saturated heterocycles. The summed E-state index contributed by atoms with van der Waals surface area (Å²) in [6, 6.07) is 7.31. The van der Waals surface area contributed by atoms with Gasteiger partial charge < -0.3 is 28.7 Å². The Hall–Kier alpha value is -2.26. The van der Waals surface area contributed by atoms with Gasteiger partial charge in [0.25, 0.3) is 0 Å². The van der Waals surface area contributed by atoms with Crippen molar-refractivity contribution in [2.24, 2.45) is 0 Å². The number of ether oxygens (including phenoxy) is 4. The van der Waals surface area contributed by atoms with Gasteiger partial charge in [0.2, 0.25) is 0 Å². The molecule has 1 amide bonds. The van der Waals surface area contributed by atoms with Crippen LogP contribution in [-0.4, -0.2) is 52.0 Å². The normalized spacial score (nSPS) is 19.2. The third-order valence-electron chi connectivity index (χ3n) is 5.49. The van der Waals surface area contributed by atoms with Gasteiger partial charge in [-0.25, -0.2) is 9.59 Å². The average molecular weight is 468 g/mol. The molecule has 1 aliphatic heterocycles. The van der Waals surface area contributed by atoms with E-state index in [9.17, 15) is 9.59 Å². The molecule has 0 aliphatic carbocycles. The highest BCUT2D eigenvalue weighted by atomic mass is 28.4. The van der Waals surface area contributed by atoms with E-state index in [0.717, 1.165) is 0 Å². The van der Waals surface area contributed by atoms with Crippen molar-refractivity contribution in [2.75, 3.05) is 19.8 Å². The van der Waals surface area contributed by atoms with Crippen LogP contribution in [-0.2, 0) is 18.6 Å². The summed E-state index contributed by atoms with van der Waals surface area (Å²) >= 11 is 0. The molecule has 9 heteroatoms. The maximum Gasteiger partial charge on any atom is 0.509 e. The molecule has 0 aromatic heterocycles. The number of alkyl carbamates (subject to hydrolysis) is 1. The topological polar surface area (TPSA) is 92.3 Å². The summed E-state index contributed by atoms with van der Waals surface area (Å²) in [4.78, 5) is 23.8. The van der Waals surface area contributed by atoms with Crippen molar-refractivity contribution < 1.29 is 33.0 Å². The largest absolute Gasteiger partial charge is 0.509 e. The minimum atomic E-state index is -1.86. The molecule has 0 bridgehead atoms. The van der Waals surface area contributed by atoms with Gasteiger partial charge in [-0.05, 0) is 45.0 Å². The molecule has 0 saturated carbocycles. The van der Waals surface area contributed by atoms with Gasteiger partial charge in [-0.15, -0.1) is 0 Å². The zero-order valence-corrected chi connectivity index (χ0v) is 21.4. The highest BCUT2D eigenvalue weighted by Gasteiger charge is 2.40. The summed E-state index contributed by atoms with van der Waals surface area (Å²) in [6.45, 7) is 17.2. The van der Waals surface area contributed by atoms with Crippen molar-refractivity contribution in [3.63, 3.8) is 0 Å². The second-order valence-corrected chi connectivity index (χ2v) is 15.1. The van der Waals surface area contributed by atoms with Crippen LogP contribution in [0, 0.1) is 0 Å². The summed E-state index contributed by atoms with van der Waals surface area (Å²) in [5.74, 6) is 0.580. The van der Waals surface area contributed by atoms with E-state index in [-0.39, 0.29) is 11.6 Å². The molecule has 0 unspecified atom stereocenters. The van der Waals surface area contributed by atoms with E-state index in [1.165, 1.54) is 0 Å². The third-order valence-corrected chi connectivity index (χ3v) is 10.0. The monoisotopic (exact) mass is 467 g/mol. The van der Waals surface area contributed by atoms with Gasteiger partial charge in [0, 0.05) is 5.56 Å². The van der Waals surface area contributed by atoms with Crippen LogP contribution in [0.3, 0.4) is 0 Å². The lowest BCUT2D eigenvalue weighted by Crippen LogP contribution is -2.41. The van der Waals surface area contributed by atoms with E-state index in [1.54, 1.807) is 20.8 Å². The molecule has 1 aromatic rings. The van der Waals surface area contributed by atoms with E-state index in [4.69, 9.17) is 23.4 Å². The molecule has 1 heterocycles. The average Bonchev–Trinajstić information content (AvgIpc) is 3.02. The van der Waals surface area contributed by atoms with Crippen molar-refractivity contribution in [1.82, 2.24) is 5.32 Å². The van der Waals surface area contributed by atoms with E-state index in [0.29, 0.717) is 24.5 Å². The number of para-hydroxylation sites is 1. The molecule has 1 aromatic carbocycles. The molecule has 0 spiro atoms. The minimum Gasteiger partial charge on any atom is -0.491 e. The second kappa shape index (κ2) is 10.1. The van der Waals surface area contributed by atoms with Gasteiger partial charge in [-0.2, -0.15) is 0 Å². The lowest BCUT2D eigenvalue weighted by atomic mass is 10.0. The quantitative estimate of drug-likeness (QED) is 0.319. The molecular weight excluding hydrogens is 430 g/mol. The van der Waals surface area contributed by atoms with Crippen molar-refractivity contribution >= 4 is 20.6 Å². The first kappa shape index (κ1) is 26.0. The van der Waals surface area contributed by atoms with Gasteiger partial charge in [-0.3, -0.25) is 0 Å². The molecule has 180 valence electrons. The van der Waals surface area contributed by atoms with Crippen LogP contribution in [0.15, 0.2) is 24.3 Å². The molecule has 1 fully saturated rings. The van der Waals surface area contributed by atoms with E-state index in [1.807, 2.05) is 24.3 Å². The third kappa shape index (κ3) is 7.41. The molecule has 2 atom stereocenters. The fourth-order valence-corrected chi connectivity index (χ4v) is 3.84. The molecule has 1 N–H and O–H groups in total. The Labute approximate surface area is 192 Å². The fraction of sp³-hybridized carbons (Fsp3) is 0.652. The summed E-state index contributed by atoms with van der Waals surface area (Å²) < 4.78 is 28.0. The van der Waals surface area contributed by atoms with E-state index in [2.05, 4.69) is 39.2 Å².